The van der Waals surface area contributed by atoms with Gasteiger partial charge in [0.05, 0.1) is 0 Å². The SMILES string of the molecule is Cc1cccc(/C(=C(\C(=C/c2ccccc2)c2ccccc2)c2ccccc2)c2ccccc2)c1. The molecule has 5 rings (SSSR count). The Balaban J connectivity index is 1.92. The van der Waals surface area contributed by atoms with Crippen molar-refractivity contribution in [3.05, 3.63) is 179 Å². The molecule has 0 aliphatic heterocycles. The third-order valence-electron chi connectivity index (χ3n) is 6.15. The largest absolute Gasteiger partial charge is 0.0622 e. The highest BCUT2D eigenvalue weighted by Crippen LogP contribution is 2.41. The Bertz CT molecular complexity index is 1440. The minimum Gasteiger partial charge on any atom is -0.0622 e. The molecule has 0 bridgehead atoms. The van der Waals surface area contributed by atoms with Crippen LogP contribution >= 0.6 is 0 Å². The van der Waals surface area contributed by atoms with Crippen molar-refractivity contribution < 1.29 is 0 Å². The maximum atomic E-state index is 2.32. The van der Waals surface area contributed by atoms with E-state index in [1.807, 2.05) is 0 Å². The third kappa shape index (κ3) is 5.23. The Labute approximate surface area is 208 Å². The molecule has 0 atom stereocenters. The van der Waals surface area contributed by atoms with Crippen LogP contribution in [0.5, 0.6) is 0 Å². The predicted octanol–water partition coefficient (Wildman–Crippen LogP) is 9.19. The normalized spacial score (nSPS) is 12.2. The summed E-state index contributed by atoms with van der Waals surface area (Å²) < 4.78 is 0. The van der Waals surface area contributed by atoms with Crippen LogP contribution in [0.15, 0.2) is 146 Å². The zero-order valence-electron chi connectivity index (χ0n) is 19.9. The van der Waals surface area contributed by atoms with Crippen molar-refractivity contribution in [3.63, 3.8) is 0 Å². The van der Waals surface area contributed by atoms with Crippen molar-refractivity contribution in [2.75, 3.05) is 0 Å². The van der Waals surface area contributed by atoms with Crippen molar-refractivity contribution >= 4 is 22.8 Å². The first-order chi connectivity index (χ1) is 17.3. The summed E-state index contributed by atoms with van der Waals surface area (Å²) in [6, 6.07) is 51.7. The maximum Gasteiger partial charge on any atom is -0.00206 e. The Kier molecular flexibility index (Phi) is 6.82. The average Bonchev–Trinajstić information content (AvgIpc) is 2.93. The van der Waals surface area contributed by atoms with E-state index in [0.717, 1.165) is 0 Å². The van der Waals surface area contributed by atoms with E-state index in [-0.39, 0.29) is 0 Å². The predicted molar refractivity (Wildman–Crippen MR) is 151 cm³/mol. The first-order valence-electron chi connectivity index (χ1n) is 12.0. The summed E-state index contributed by atoms with van der Waals surface area (Å²) in [5.74, 6) is 0. The summed E-state index contributed by atoms with van der Waals surface area (Å²) in [5.41, 5.74) is 10.9. The lowest BCUT2D eigenvalue weighted by molar-refractivity contribution is 1.44. The van der Waals surface area contributed by atoms with Gasteiger partial charge in [0.15, 0.2) is 0 Å². The first-order valence-corrected chi connectivity index (χ1v) is 12.0. The maximum absolute atomic E-state index is 2.32. The van der Waals surface area contributed by atoms with E-state index in [2.05, 4.69) is 159 Å². The van der Waals surface area contributed by atoms with E-state index in [9.17, 15) is 0 Å². The molecule has 0 unspecified atom stereocenters. The zero-order chi connectivity index (χ0) is 23.9. The summed E-state index contributed by atoms with van der Waals surface area (Å²) in [4.78, 5) is 0. The van der Waals surface area contributed by atoms with Crippen LogP contribution in [0.3, 0.4) is 0 Å². The van der Waals surface area contributed by atoms with E-state index in [0.29, 0.717) is 0 Å². The smallest absolute Gasteiger partial charge is 0.00206 e. The second kappa shape index (κ2) is 10.7. The molecule has 0 aromatic heterocycles. The van der Waals surface area contributed by atoms with Crippen molar-refractivity contribution in [1.82, 2.24) is 0 Å². The van der Waals surface area contributed by atoms with Crippen LogP contribution < -0.4 is 0 Å². The van der Waals surface area contributed by atoms with E-state index in [1.54, 1.807) is 0 Å². The van der Waals surface area contributed by atoms with Crippen LogP contribution in [0, 0.1) is 6.92 Å². The van der Waals surface area contributed by atoms with Gasteiger partial charge in [-0.05, 0) is 57.5 Å². The van der Waals surface area contributed by atoms with Crippen molar-refractivity contribution in [1.29, 1.82) is 0 Å². The second-order valence-electron chi connectivity index (χ2n) is 8.69. The molecular weight excluding hydrogens is 420 g/mol. The highest BCUT2D eigenvalue weighted by Gasteiger charge is 2.19. The number of benzene rings is 5. The van der Waals surface area contributed by atoms with Crippen molar-refractivity contribution in [2.45, 2.75) is 6.92 Å². The fourth-order valence-electron chi connectivity index (χ4n) is 4.53. The zero-order valence-corrected chi connectivity index (χ0v) is 19.9. The van der Waals surface area contributed by atoms with Gasteiger partial charge in [-0.2, -0.15) is 0 Å². The fraction of sp³-hybridized carbons (Fsp3) is 0.0286. The van der Waals surface area contributed by atoms with Gasteiger partial charge in [-0.1, -0.05) is 151 Å². The second-order valence-corrected chi connectivity index (χ2v) is 8.69. The molecule has 0 amide bonds. The highest BCUT2D eigenvalue weighted by molar-refractivity contribution is 6.21. The lowest BCUT2D eigenvalue weighted by Crippen LogP contribution is -1.99. The van der Waals surface area contributed by atoms with Crippen LogP contribution in [0.2, 0.25) is 0 Å². The molecule has 0 saturated carbocycles. The van der Waals surface area contributed by atoms with Gasteiger partial charge >= 0.3 is 0 Å². The topological polar surface area (TPSA) is 0 Å². The minimum absolute atomic E-state index is 1.18. The van der Waals surface area contributed by atoms with E-state index < -0.39 is 0 Å². The first kappa shape index (κ1) is 22.4. The lowest BCUT2D eigenvalue weighted by atomic mass is 9.82. The van der Waals surface area contributed by atoms with Crippen LogP contribution in [0.1, 0.15) is 33.4 Å². The molecule has 0 radical (unpaired) electrons. The quantitative estimate of drug-likeness (QED) is 0.179. The molecule has 0 aliphatic rings. The summed E-state index contributed by atoms with van der Waals surface area (Å²) >= 11 is 0. The number of allylic oxidation sites excluding steroid dienone is 2. The molecule has 0 aliphatic carbocycles. The summed E-state index contributed by atoms with van der Waals surface area (Å²) in [7, 11) is 0. The molecular formula is C35H28. The molecule has 5 aromatic rings. The van der Waals surface area contributed by atoms with Crippen LogP contribution in [-0.4, -0.2) is 0 Å². The van der Waals surface area contributed by atoms with Gasteiger partial charge in [-0.25, -0.2) is 0 Å². The molecule has 168 valence electrons. The van der Waals surface area contributed by atoms with E-state index >= 15 is 0 Å². The summed E-state index contributed by atoms with van der Waals surface area (Å²) in [6.45, 7) is 2.16. The van der Waals surface area contributed by atoms with Gasteiger partial charge < -0.3 is 0 Å². The Morgan fingerprint density at radius 1 is 0.457 bits per heavy atom. The Morgan fingerprint density at radius 3 is 1.51 bits per heavy atom. The third-order valence-corrected chi connectivity index (χ3v) is 6.15. The van der Waals surface area contributed by atoms with Crippen molar-refractivity contribution in [2.24, 2.45) is 0 Å². The molecule has 5 aromatic carbocycles. The van der Waals surface area contributed by atoms with Crippen LogP contribution in [-0.2, 0) is 0 Å². The van der Waals surface area contributed by atoms with Crippen LogP contribution in [0.25, 0.3) is 22.8 Å². The standard InChI is InChI=1S/C35H28/c1-27-15-14-24-32(25-27)34(30-20-10-4-11-21-30)35(31-22-12-5-13-23-31)33(29-18-8-3-9-19-29)26-28-16-6-2-7-17-28/h2-26H,1H3/b33-26-,35-34-. The van der Waals surface area contributed by atoms with Gasteiger partial charge in [0.25, 0.3) is 0 Å². The number of hydrogen-bond acceptors (Lipinski definition) is 0. The lowest BCUT2D eigenvalue weighted by Gasteiger charge is -2.21. The fourth-order valence-corrected chi connectivity index (χ4v) is 4.53. The van der Waals surface area contributed by atoms with Gasteiger partial charge in [0, 0.05) is 0 Å². The van der Waals surface area contributed by atoms with Gasteiger partial charge in [-0.3, -0.25) is 0 Å². The van der Waals surface area contributed by atoms with Gasteiger partial charge in [0.2, 0.25) is 0 Å². The van der Waals surface area contributed by atoms with Crippen molar-refractivity contribution in [3.8, 4) is 0 Å². The Hall–Kier alpha value is -4.42. The number of rotatable bonds is 6. The van der Waals surface area contributed by atoms with E-state index in [1.165, 1.54) is 50.1 Å². The number of aryl methyl sites for hydroxylation is 1. The molecule has 0 heteroatoms. The highest BCUT2D eigenvalue weighted by atomic mass is 14.2. The summed E-state index contributed by atoms with van der Waals surface area (Å²) in [5, 5.41) is 0. The van der Waals surface area contributed by atoms with Gasteiger partial charge in [-0.15, -0.1) is 0 Å². The Morgan fingerprint density at radius 2 is 0.943 bits per heavy atom. The molecule has 35 heavy (non-hydrogen) atoms. The monoisotopic (exact) mass is 448 g/mol. The van der Waals surface area contributed by atoms with E-state index in [4.69, 9.17) is 0 Å². The molecule has 0 N–H and O–H groups in total. The number of hydrogen-bond donors (Lipinski definition) is 0. The molecule has 0 nitrogen and oxygen atoms in total. The average molecular weight is 449 g/mol. The molecule has 0 saturated heterocycles. The molecule has 0 fully saturated rings. The minimum atomic E-state index is 1.18. The van der Waals surface area contributed by atoms with Gasteiger partial charge in [0.1, 0.15) is 0 Å². The molecule has 0 heterocycles. The summed E-state index contributed by atoms with van der Waals surface area (Å²) in [6.07, 6.45) is 2.32. The van der Waals surface area contributed by atoms with Crippen LogP contribution in [0.4, 0.5) is 0 Å². The molecule has 0 spiro atoms.